The van der Waals surface area contributed by atoms with Crippen LogP contribution in [0.2, 0.25) is 5.02 Å². The monoisotopic (exact) mass is 364 g/mol. The summed E-state index contributed by atoms with van der Waals surface area (Å²) in [6, 6.07) is 7.25. The van der Waals surface area contributed by atoms with E-state index in [1.54, 1.807) is 12.1 Å². The molecule has 0 unspecified atom stereocenters. The van der Waals surface area contributed by atoms with E-state index in [2.05, 4.69) is 11.9 Å². The van der Waals surface area contributed by atoms with Crippen LogP contribution in [0.25, 0.3) is 0 Å². The first-order valence-corrected chi connectivity index (χ1v) is 9.45. The van der Waals surface area contributed by atoms with Crippen LogP contribution in [-0.2, 0) is 17.8 Å². The van der Waals surface area contributed by atoms with Gasteiger partial charge in [0.1, 0.15) is 17.4 Å². The first kappa shape index (κ1) is 17.2. The Morgan fingerprint density at radius 2 is 2.04 bits per heavy atom. The summed E-state index contributed by atoms with van der Waals surface area (Å²) in [4.78, 5) is 18.8. The number of aromatic nitrogens is 1. The van der Waals surface area contributed by atoms with Crippen LogP contribution in [-0.4, -0.2) is 28.9 Å². The summed E-state index contributed by atoms with van der Waals surface area (Å²) < 4.78 is 5.69. The Labute approximate surface area is 151 Å². The molecule has 0 aliphatic carbocycles. The van der Waals surface area contributed by atoms with Gasteiger partial charge >= 0.3 is 0 Å². The first-order valence-electron chi connectivity index (χ1n) is 8.19. The van der Waals surface area contributed by atoms with Crippen molar-refractivity contribution in [3.8, 4) is 5.75 Å². The van der Waals surface area contributed by atoms with Gasteiger partial charge in [-0.25, -0.2) is 4.98 Å². The summed E-state index contributed by atoms with van der Waals surface area (Å²) in [5.74, 6) is 1.66. The summed E-state index contributed by atoms with van der Waals surface area (Å²) >= 11 is 7.38. The van der Waals surface area contributed by atoms with E-state index in [1.807, 2.05) is 22.4 Å². The Morgan fingerprint density at radius 3 is 2.75 bits per heavy atom. The molecule has 2 aromatic rings. The van der Waals surface area contributed by atoms with Crippen molar-refractivity contribution in [2.24, 2.45) is 5.92 Å². The van der Waals surface area contributed by atoms with Gasteiger partial charge < -0.3 is 9.64 Å². The Balaban J connectivity index is 1.50. The number of rotatable bonds is 5. The van der Waals surface area contributed by atoms with Crippen LogP contribution in [0.5, 0.6) is 5.75 Å². The minimum Gasteiger partial charge on any atom is -0.486 e. The first-order chi connectivity index (χ1) is 11.6. The van der Waals surface area contributed by atoms with Gasteiger partial charge in [0.2, 0.25) is 5.91 Å². The number of hydrogen-bond acceptors (Lipinski definition) is 4. The lowest BCUT2D eigenvalue weighted by Gasteiger charge is -2.30. The predicted molar refractivity (Wildman–Crippen MR) is 96.6 cm³/mol. The highest BCUT2D eigenvalue weighted by Crippen LogP contribution is 2.20. The summed E-state index contributed by atoms with van der Waals surface area (Å²) in [6.07, 6.45) is 2.58. The molecule has 0 bridgehead atoms. The molecule has 128 valence electrons. The quantitative estimate of drug-likeness (QED) is 0.799. The van der Waals surface area contributed by atoms with E-state index in [4.69, 9.17) is 16.3 Å². The number of piperidine rings is 1. The second-order valence-electron chi connectivity index (χ2n) is 6.22. The molecular weight excluding hydrogens is 344 g/mol. The number of carbonyl (C=O) groups excluding carboxylic acids is 1. The molecule has 1 aromatic heterocycles. The molecule has 24 heavy (non-hydrogen) atoms. The smallest absolute Gasteiger partial charge is 0.228 e. The number of benzene rings is 1. The standard InChI is InChI=1S/C18H21ClN2O2S/c1-13-6-8-21(9-7-13)18(22)10-15-12-24-17(20-15)11-23-16-4-2-14(19)3-5-16/h2-5,12-13H,6-11H2,1H3. The third-order valence-corrected chi connectivity index (χ3v) is 5.37. The van der Waals surface area contributed by atoms with Crippen molar-refractivity contribution in [1.82, 2.24) is 9.88 Å². The molecule has 6 heteroatoms. The van der Waals surface area contributed by atoms with Gasteiger partial charge in [0, 0.05) is 23.5 Å². The van der Waals surface area contributed by atoms with Gasteiger partial charge in [-0.2, -0.15) is 0 Å². The van der Waals surface area contributed by atoms with E-state index < -0.39 is 0 Å². The molecule has 2 heterocycles. The van der Waals surface area contributed by atoms with Crippen LogP contribution in [0, 0.1) is 5.92 Å². The lowest BCUT2D eigenvalue weighted by atomic mass is 9.99. The van der Waals surface area contributed by atoms with E-state index in [9.17, 15) is 4.79 Å². The third-order valence-electron chi connectivity index (χ3n) is 4.24. The molecule has 0 atom stereocenters. The molecule has 1 aromatic carbocycles. The number of hydrogen-bond donors (Lipinski definition) is 0. The average molecular weight is 365 g/mol. The number of likely N-dealkylation sites (tertiary alicyclic amines) is 1. The molecule has 0 radical (unpaired) electrons. The number of halogens is 1. The zero-order valence-corrected chi connectivity index (χ0v) is 15.3. The van der Waals surface area contributed by atoms with E-state index in [1.165, 1.54) is 11.3 Å². The average Bonchev–Trinajstić information content (AvgIpc) is 3.02. The second-order valence-corrected chi connectivity index (χ2v) is 7.59. The highest BCUT2D eigenvalue weighted by molar-refractivity contribution is 7.09. The van der Waals surface area contributed by atoms with Gasteiger partial charge in [0.15, 0.2) is 0 Å². The van der Waals surface area contributed by atoms with Crippen molar-refractivity contribution in [3.63, 3.8) is 0 Å². The van der Waals surface area contributed by atoms with Crippen molar-refractivity contribution < 1.29 is 9.53 Å². The van der Waals surface area contributed by atoms with Gasteiger partial charge in [-0.05, 0) is 43.0 Å². The maximum atomic E-state index is 12.3. The molecule has 1 amide bonds. The molecule has 1 fully saturated rings. The van der Waals surface area contributed by atoms with Crippen LogP contribution < -0.4 is 4.74 Å². The number of thiazole rings is 1. The Morgan fingerprint density at radius 1 is 1.33 bits per heavy atom. The molecule has 1 aliphatic heterocycles. The fourth-order valence-electron chi connectivity index (χ4n) is 2.70. The number of ether oxygens (including phenoxy) is 1. The molecular formula is C18H21ClN2O2S. The van der Waals surface area contributed by atoms with E-state index in [-0.39, 0.29) is 5.91 Å². The van der Waals surface area contributed by atoms with Crippen LogP contribution in [0.1, 0.15) is 30.5 Å². The zero-order chi connectivity index (χ0) is 16.9. The van der Waals surface area contributed by atoms with E-state index in [0.29, 0.717) is 18.1 Å². The molecule has 4 nitrogen and oxygen atoms in total. The van der Waals surface area contributed by atoms with Crippen LogP contribution in [0.15, 0.2) is 29.6 Å². The summed E-state index contributed by atoms with van der Waals surface area (Å²) in [6.45, 7) is 4.39. The highest BCUT2D eigenvalue weighted by atomic mass is 35.5. The molecule has 1 saturated heterocycles. The third kappa shape index (κ3) is 4.71. The van der Waals surface area contributed by atoms with Gasteiger partial charge in [-0.1, -0.05) is 18.5 Å². The van der Waals surface area contributed by atoms with Gasteiger partial charge in [0.25, 0.3) is 0 Å². The van der Waals surface area contributed by atoms with Crippen LogP contribution in [0.4, 0.5) is 0 Å². The van der Waals surface area contributed by atoms with Crippen molar-refractivity contribution in [2.45, 2.75) is 32.8 Å². The fourth-order valence-corrected chi connectivity index (χ4v) is 3.53. The van der Waals surface area contributed by atoms with Crippen molar-refractivity contribution >= 4 is 28.8 Å². The second kappa shape index (κ2) is 7.99. The lowest BCUT2D eigenvalue weighted by molar-refractivity contribution is -0.131. The van der Waals surface area contributed by atoms with Gasteiger partial charge in [-0.15, -0.1) is 11.3 Å². The van der Waals surface area contributed by atoms with Crippen molar-refractivity contribution in [1.29, 1.82) is 0 Å². The largest absolute Gasteiger partial charge is 0.486 e. The predicted octanol–water partition coefficient (Wildman–Crippen LogP) is 4.18. The molecule has 0 spiro atoms. The summed E-state index contributed by atoms with van der Waals surface area (Å²) in [5, 5.41) is 3.51. The minimum absolute atomic E-state index is 0.178. The topological polar surface area (TPSA) is 42.4 Å². The van der Waals surface area contributed by atoms with Crippen molar-refractivity contribution in [2.75, 3.05) is 13.1 Å². The van der Waals surface area contributed by atoms with E-state index in [0.717, 1.165) is 48.3 Å². The molecule has 0 N–H and O–H groups in total. The molecule has 3 rings (SSSR count). The highest BCUT2D eigenvalue weighted by Gasteiger charge is 2.21. The van der Waals surface area contributed by atoms with Gasteiger partial charge in [-0.3, -0.25) is 4.79 Å². The zero-order valence-electron chi connectivity index (χ0n) is 13.7. The van der Waals surface area contributed by atoms with Gasteiger partial charge in [0.05, 0.1) is 12.1 Å². The summed E-state index contributed by atoms with van der Waals surface area (Å²) in [5.41, 5.74) is 0.832. The van der Waals surface area contributed by atoms with Crippen molar-refractivity contribution in [3.05, 3.63) is 45.4 Å². The Kier molecular flexibility index (Phi) is 5.74. The lowest BCUT2D eigenvalue weighted by Crippen LogP contribution is -2.38. The molecule has 1 aliphatic rings. The maximum absolute atomic E-state index is 12.3. The van der Waals surface area contributed by atoms with Crippen LogP contribution in [0.3, 0.4) is 0 Å². The Bertz CT molecular complexity index is 679. The normalized spacial score (nSPS) is 15.5. The molecule has 0 saturated carbocycles. The number of carbonyl (C=O) groups is 1. The Hall–Kier alpha value is -1.59. The maximum Gasteiger partial charge on any atom is 0.228 e. The number of amides is 1. The van der Waals surface area contributed by atoms with E-state index >= 15 is 0 Å². The minimum atomic E-state index is 0.178. The number of nitrogens with zero attached hydrogens (tertiary/aromatic N) is 2. The fraction of sp³-hybridized carbons (Fsp3) is 0.444. The SMILES string of the molecule is CC1CCN(C(=O)Cc2csc(COc3ccc(Cl)cc3)n2)CC1. The summed E-state index contributed by atoms with van der Waals surface area (Å²) in [7, 11) is 0. The van der Waals surface area contributed by atoms with Crippen LogP contribution >= 0.6 is 22.9 Å².